The predicted octanol–water partition coefficient (Wildman–Crippen LogP) is 0.999. The molecule has 2 aromatic rings. The molecule has 0 saturated heterocycles. The first-order chi connectivity index (χ1) is 8.33. The standard InChI is InChI=1S/C11H13N5O/c1-3-17-13-10(9-7-5-4-6-8-9)11-12-14-15-16(11)2/h4-8H,3H2,1-2H3/b13-10+. The summed E-state index contributed by atoms with van der Waals surface area (Å²) in [5.74, 6) is 0.574. The van der Waals surface area contributed by atoms with Crippen LogP contribution in [-0.2, 0) is 11.9 Å². The molecule has 0 saturated carbocycles. The molecule has 6 nitrogen and oxygen atoms in total. The lowest BCUT2D eigenvalue weighted by Gasteiger charge is -2.04. The third-order valence-electron chi connectivity index (χ3n) is 2.16. The molecule has 17 heavy (non-hydrogen) atoms. The van der Waals surface area contributed by atoms with Crippen LogP contribution in [0.3, 0.4) is 0 Å². The summed E-state index contributed by atoms with van der Waals surface area (Å²) in [6.45, 7) is 2.38. The number of aryl methyl sites for hydroxylation is 1. The fourth-order valence-corrected chi connectivity index (χ4v) is 1.38. The van der Waals surface area contributed by atoms with Crippen LogP contribution in [0.5, 0.6) is 0 Å². The monoisotopic (exact) mass is 231 g/mol. The molecule has 1 aromatic carbocycles. The lowest BCUT2D eigenvalue weighted by molar-refractivity contribution is 0.159. The summed E-state index contributed by atoms with van der Waals surface area (Å²) in [7, 11) is 1.76. The van der Waals surface area contributed by atoms with Gasteiger partial charge in [0, 0.05) is 12.6 Å². The largest absolute Gasteiger partial charge is 0.396 e. The molecule has 88 valence electrons. The highest BCUT2D eigenvalue weighted by Crippen LogP contribution is 2.07. The van der Waals surface area contributed by atoms with Crippen molar-refractivity contribution in [3.8, 4) is 0 Å². The quantitative estimate of drug-likeness (QED) is 0.581. The van der Waals surface area contributed by atoms with Crippen LogP contribution in [0, 0.1) is 0 Å². The Balaban J connectivity index is 2.43. The van der Waals surface area contributed by atoms with Crippen LogP contribution < -0.4 is 0 Å². The van der Waals surface area contributed by atoms with E-state index in [0.717, 1.165) is 5.56 Å². The number of oxime groups is 1. The summed E-state index contributed by atoms with van der Waals surface area (Å²) in [6, 6.07) is 9.68. The first-order valence-corrected chi connectivity index (χ1v) is 5.31. The Morgan fingerprint density at radius 3 is 2.71 bits per heavy atom. The summed E-state index contributed by atoms with van der Waals surface area (Å²) in [5.41, 5.74) is 1.54. The maximum Gasteiger partial charge on any atom is 0.204 e. The van der Waals surface area contributed by atoms with Gasteiger partial charge in [-0.05, 0) is 17.4 Å². The highest BCUT2D eigenvalue weighted by Gasteiger charge is 2.14. The fourth-order valence-electron chi connectivity index (χ4n) is 1.38. The van der Waals surface area contributed by atoms with Crippen molar-refractivity contribution in [1.82, 2.24) is 20.2 Å². The molecule has 0 aliphatic carbocycles. The fraction of sp³-hybridized carbons (Fsp3) is 0.273. The van der Waals surface area contributed by atoms with Gasteiger partial charge < -0.3 is 4.84 Å². The molecule has 1 aromatic heterocycles. The normalized spacial score (nSPS) is 11.5. The lowest BCUT2D eigenvalue weighted by atomic mass is 10.1. The SMILES string of the molecule is CCO/N=C(\c1ccccc1)c1nnnn1C. The van der Waals surface area contributed by atoms with Gasteiger partial charge in [-0.25, -0.2) is 4.68 Å². The van der Waals surface area contributed by atoms with E-state index in [9.17, 15) is 0 Å². The van der Waals surface area contributed by atoms with Crippen molar-refractivity contribution in [2.75, 3.05) is 6.61 Å². The van der Waals surface area contributed by atoms with Crippen molar-refractivity contribution in [2.24, 2.45) is 12.2 Å². The maximum atomic E-state index is 5.11. The molecule has 0 atom stereocenters. The van der Waals surface area contributed by atoms with Crippen molar-refractivity contribution in [3.63, 3.8) is 0 Å². The molecule has 2 rings (SSSR count). The number of hydrogen-bond donors (Lipinski definition) is 0. The summed E-state index contributed by atoms with van der Waals surface area (Å²) in [6.07, 6.45) is 0. The molecule has 0 amide bonds. The van der Waals surface area contributed by atoms with Crippen LogP contribution >= 0.6 is 0 Å². The maximum absolute atomic E-state index is 5.11. The Morgan fingerprint density at radius 1 is 1.35 bits per heavy atom. The molecule has 0 N–H and O–H groups in total. The molecule has 0 aliphatic rings. The van der Waals surface area contributed by atoms with E-state index < -0.39 is 0 Å². The average Bonchev–Trinajstić information content (AvgIpc) is 2.78. The third-order valence-corrected chi connectivity index (χ3v) is 2.16. The molecule has 0 aliphatic heterocycles. The van der Waals surface area contributed by atoms with Gasteiger partial charge in [0.05, 0.1) is 0 Å². The van der Waals surface area contributed by atoms with E-state index in [2.05, 4.69) is 20.7 Å². The molecular formula is C11H13N5O. The van der Waals surface area contributed by atoms with E-state index in [-0.39, 0.29) is 0 Å². The minimum absolute atomic E-state index is 0.502. The van der Waals surface area contributed by atoms with E-state index in [1.54, 1.807) is 11.7 Å². The number of tetrazole rings is 1. The van der Waals surface area contributed by atoms with E-state index in [0.29, 0.717) is 18.1 Å². The zero-order valence-corrected chi connectivity index (χ0v) is 9.74. The van der Waals surface area contributed by atoms with Gasteiger partial charge in [-0.1, -0.05) is 35.5 Å². The van der Waals surface area contributed by atoms with Crippen molar-refractivity contribution in [3.05, 3.63) is 41.7 Å². The van der Waals surface area contributed by atoms with Crippen molar-refractivity contribution >= 4 is 5.71 Å². The molecular weight excluding hydrogens is 218 g/mol. The Kier molecular flexibility index (Phi) is 3.44. The van der Waals surface area contributed by atoms with Crippen LogP contribution in [0.4, 0.5) is 0 Å². The van der Waals surface area contributed by atoms with Crippen molar-refractivity contribution < 1.29 is 4.84 Å². The Labute approximate surface area is 98.9 Å². The van der Waals surface area contributed by atoms with E-state index in [1.165, 1.54) is 0 Å². The van der Waals surface area contributed by atoms with E-state index in [4.69, 9.17) is 4.84 Å². The van der Waals surface area contributed by atoms with Gasteiger partial charge in [-0.3, -0.25) is 0 Å². The Bertz CT molecular complexity index is 506. The first kappa shape index (κ1) is 11.3. The second kappa shape index (κ2) is 5.20. The molecule has 1 heterocycles. The zero-order chi connectivity index (χ0) is 12.1. The minimum atomic E-state index is 0.502. The first-order valence-electron chi connectivity index (χ1n) is 5.31. The minimum Gasteiger partial charge on any atom is -0.396 e. The summed E-state index contributed by atoms with van der Waals surface area (Å²) in [4.78, 5) is 5.11. The molecule has 0 unspecified atom stereocenters. The van der Waals surface area contributed by atoms with Crippen LogP contribution in [0.25, 0.3) is 0 Å². The van der Waals surface area contributed by atoms with Crippen molar-refractivity contribution in [2.45, 2.75) is 6.92 Å². The summed E-state index contributed by atoms with van der Waals surface area (Å²) in [5, 5.41) is 15.4. The van der Waals surface area contributed by atoms with Gasteiger partial charge in [0.2, 0.25) is 5.82 Å². The smallest absolute Gasteiger partial charge is 0.204 e. The number of benzene rings is 1. The van der Waals surface area contributed by atoms with E-state index in [1.807, 2.05) is 37.3 Å². The molecule has 0 spiro atoms. The predicted molar refractivity (Wildman–Crippen MR) is 62.5 cm³/mol. The van der Waals surface area contributed by atoms with Crippen molar-refractivity contribution in [1.29, 1.82) is 0 Å². The van der Waals surface area contributed by atoms with Gasteiger partial charge >= 0.3 is 0 Å². The number of aromatic nitrogens is 4. The van der Waals surface area contributed by atoms with Gasteiger partial charge in [0.1, 0.15) is 6.61 Å². The summed E-state index contributed by atoms with van der Waals surface area (Å²) >= 11 is 0. The van der Waals surface area contributed by atoms with E-state index >= 15 is 0 Å². The van der Waals surface area contributed by atoms with Crippen LogP contribution in [0.1, 0.15) is 18.3 Å². The zero-order valence-electron chi connectivity index (χ0n) is 9.74. The van der Waals surface area contributed by atoms with Crippen LogP contribution in [0.2, 0.25) is 0 Å². The van der Waals surface area contributed by atoms with Gasteiger partial charge in [-0.15, -0.1) is 5.10 Å². The number of rotatable bonds is 4. The summed E-state index contributed by atoms with van der Waals surface area (Å²) < 4.78 is 1.56. The van der Waals surface area contributed by atoms with Crippen LogP contribution in [-0.4, -0.2) is 32.5 Å². The Morgan fingerprint density at radius 2 is 2.12 bits per heavy atom. The average molecular weight is 231 g/mol. The molecule has 0 fully saturated rings. The second-order valence-electron chi connectivity index (χ2n) is 3.35. The van der Waals surface area contributed by atoms with Gasteiger partial charge in [0.25, 0.3) is 0 Å². The highest BCUT2D eigenvalue weighted by atomic mass is 16.6. The second-order valence-corrected chi connectivity index (χ2v) is 3.35. The van der Waals surface area contributed by atoms with Gasteiger partial charge in [0.15, 0.2) is 5.71 Å². The third kappa shape index (κ3) is 2.47. The molecule has 6 heteroatoms. The van der Waals surface area contributed by atoms with Crippen LogP contribution in [0.15, 0.2) is 35.5 Å². The number of hydrogen-bond acceptors (Lipinski definition) is 5. The van der Waals surface area contributed by atoms with Gasteiger partial charge in [-0.2, -0.15) is 0 Å². The number of nitrogens with zero attached hydrogens (tertiary/aromatic N) is 5. The topological polar surface area (TPSA) is 65.2 Å². The highest BCUT2D eigenvalue weighted by molar-refractivity contribution is 6.10. The molecule has 0 radical (unpaired) electrons. The lowest BCUT2D eigenvalue weighted by Crippen LogP contribution is -2.11. The Hall–Kier alpha value is -2.24. The molecule has 0 bridgehead atoms.